The summed E-state index contributed by atoms with van der Waals surface area (Å²) in [6, 6.07) is 0. The summed E-state index contributed by atoms with van der Waals surface area (Å²) < 4.78 is 5.14. The van der Waals surface area contributed by atoms with Gasteiger partial charge in [0.05, 0.1) is 12.2 Å². The lowest BCUT2D eigenvalue weighted by Crippen LogP contribution is -2.55. The number of hydrogen-bond acceptors (Lipinski definition) is 4. The normalized spacial score (nSPS) is 24.7. The summed E-state index contributed by atoms with van der Waals surface area (Å²) >= 11 is 0. The fourth-order valence-corrected chi connectivity index (χ4v) is 3.77. The Morgan fingerprint density at radius 2 is 1.95 bits per heavy atom. The van der Waals surface area contributed by atoms with Gasteiger partial charge in [0, 0.05) is 11.1 Å². The van der Waals surface area contributed by atoms with Gasteiger partial charge in [0.2, 0.25) is 11.8 Å². The summed E-state index contributed by atoms with van der Waals surface area (Å²) in [6.07, 6.45) is 3.99. The van der Waals surface area contributed by atoms with E-state index >= 15 is 0 Å². The minimum Gasteiger partial charge on any atom is -0.463 e. The van der Waals surface area contributed by atoms with Crippen LogP contribution in [-0.2, 0) is 19.1 Å². The predicted octanol–water partition coefficient (Wildman–Crippen LogP) is 1.01. The topological polar surface area (TPSA) is 98.5 Å². The number of esters is 1. The highest BCUT2D eigenvalue weighted by molar-refractivity contribution is 6.06. The third kappa shape index (κ3) is 2.54. The number of nitrogens with one attached hydrogen (secondary N) is 1. The van der Waals surface area contributed by atoms with E-state index in [-0.39, 0.29) is 6.61 Å². The molecule has 0 bridgehead atoms. The molecule has 0 saturated heterocycles. The number of carbonyl (C=O) groups excluding carboxylic acids is 3. The van der Waals surface area contributed by atoms with Crippen LogP contribution in [0.1, 0.15) is 46.0 Å². The molecule has 0 aromatic carbocycles. The van der Waals surface area contributed by atoms with Gasteiger partial charge in [0.25, 0.3) is 0 Å². The minimum atomic E-state index is -0.999. The predicted molar refractivity (Wildman–Crippen MR) is 75.7 cm³/mol. The number of nitrogens with two attached hydrogens (primary N) is 1. The Kier molecular flexibility index (Phi) is 4.34. The lowest BCUT2D eigenvalue weighted by atomic mass is 9.59. The smallest absolute Gasteiger partial charge is 0.336 e. The lowest BCUT2D eigenvalue weighted by Gasteiger charge is -2.45. The van der Waals surface area contributed by atoms with Crippen molar-refractivity contribution in [1.29, 1.82) is 0 Å². The van der Waals surface area contributed by atoms with Crippen LogP contribution < -0.4 is 11.1 Å². The molecule has 1 fully saturated rings. The third-order valence-corrected chi connectivity index (χ3v) is 4.51. The van der Waals surface area contributed by atoms with Crippen LogP contribution >= 0.6 is 0 Å². The fourth-order valence-electron chi connectivity index (χ4n) is 3.77. The van der Waals surface area contributed by atoms with Gasteiger partial charge in [-0.3, -0.25) is 9.59 Å². The number of ether oxygens (including phenoxy) is 1. The summed E-state index contributed by atoms with van der Waals surface area (Å²) in [6.45, 7) is 3.66. The molecule has 2 amide bonds. The molecule has 6 nitrogen and oxygen atoms in total. The van der Waals surface area contributed by atoms with Gasteiger partial charge in [-0.05, 0) is 26.7 Å². The van der Waals surface area contributed by atoms with Crippen LogP contribution in [0.4, 0.5) is 0 Å². The fraction of sp³-hybridized carbons (Fsp3) is 0.667. The van der Waals surface area contributed by atoms with E-state index in [2.05, 4.69) is 5.32 Å². The maximum Gasteiger partial charge on any atom is 0.336 e. The second kappa shape index (κ2) is 5.87. The van der Waals surface area contributed by atoms with Gasteiger partial charge in [0.1, 0.15) is 5.92 Å². The van der Waals surface area contributed by atoms with Crippen molar-refractivity contribution in [2.75, 3.05) is 6.61 Å². The van der Waals surface area contributed by atoms with Crippen molar-refractivity contribution >= 4 is 17.8 Å². The van der Waals surface area contributed by atoms with E-state index in [4.69, 9.17) is 10.5 Å². The van der Waals surface area contributed by atoms with Crippen molar-refractivity contribution in [3.8, 4) is 0 Å². The molecule has 3 N–H and O–H groups in total. The van der Waals surface area contributed by atoms with Crippen molar-refractivity contribution in [1.82, 2.24) is 5.32 Å². The van der Waals surface area contributed by atoms with Crippen LogP contribution in [0.15, 0.2) is 11.3 Å². The van der Waals surface area contributed by atoms with Gasteiger partial charge in [-0.25, -0.2) is 4.79 Å². The second-order valence-corrected chi connectivity index (χ2v) is 5.76. The second-order valence-electron chi connectivity index (χ2n) is 5.76. The number of primary amides is 1. The molecule has 0 unspecified atom stereocenters. The zero-order valence-electron chi connectivity index (χ0n) is 12.5. The first-order chi connectivity index (χ1) is 9.94. The zero-order chi connectivity index (χ0) is 15.6. The summed E-state index contributed by atoms with van der Waals surface area (Å²) in [4.78, 5) is 36.5. The first kappa shape index (κ1) is 15.5. The quantitative estimate of drug-likeness (QED) is 0.599. The number of hydrogen-bond donors (Lipinski definition) is 2. The van der Waals surface area contributed by atoms with Crippen molar-refractivity contribution in [2.24, 2.45) is 17.1 Å². The van der Waals surface area contributed by atoms with E-state index < -0.39 is 29.1 Å². The summed E-state index contributed by atoms with van der Waals surface area (Å²) in [5, 5.41) is 2.61. The van der Waals surface area contributed by atoms with Crippen LogP contribution in [-0.4, -0.2) is 24.4 Å². The Morgan fingerprint density at radius 1 is 1.33 bits per heavy atom. The molecule has 0 aromatic heterocycles. The standard InChI is InChI=1S/C15H22N2O4/c1-3-21-14(20)10-9(2)17-13(19)11(12(16)18)15(10)7-5-4-6-8-15/h11H,3-8H2,1-2H3,(H2,16,18)(H,17,19)/t11-/m0/s1. The van der Waals surface area contributed by atoms with Crippen molar-refractivity contribution in [3.63, 3.8) is 0 Å². The highest BCUT2D eigenvalue weighted by Crippen LogP contribution is 2.51. The van der Waals surface area contributed by atoms with E-state index in [9.17, 15) is 14.4 Å². The molecule has 1 spiro atoms. The molecule has 116 valence electrons. The minimum absolute atomic E-state index is 0.251. The Hall–Kier alpha value is -1.85. The van der Waals surface area contributed by atoms with Crippen LogP contribution in [0.25, 0.3) is 0 Å². The Labute approximate surface area is 124 Å². The maximum absolute atomic E-state index is 12.4. The molecular formula is C15H22N2O4. The molecule has 0 aromatic rings. The molecular weight excluding hydrogens is 272 g/mol. The van der Waals surface area contributed by atoms with Crippen LogP contribution in [0.3, 0.4) is 0 Å². The van der Waals surface area contributed by atoms with E-state index in [1.54, 1.807) is 13.8 Å². The first-order valence-corrected chi connectivity index (χ1v) is 7.42. The van der Waals surface area contributed by atoms with Gasteiger partial charge in [-0.15, -0.1) is 0 Å². The zero-order valence-corrected chi connectivity index (χ0v) is 12.5. The number of rotatable bonds is 3. The molecule has 0 radical (unpaired) electrons. The highest BCUT2D eigenvalue weighted by atomic mass is 16.5. The Balaban J connectivity index is 2.56. The van der Waals surface area contributed by atoms with E-state index in [0.717, 1.165) is 19.3 Å². The van der Waals surface area contributed by atoms with E-state index in [1.807, 2.05) is 0 Å². The van der Waals surface area contributed by atoms with Gasteiger partial charge in [-0.1, -0.05) is 19.3 Å². The molecule has 1 aliphatic heterocycles. The molecule has 2 rings (SSSR count). The van der Waals surface area contributed by atoms with Gasteiger partial charge in [-0.2, -0.15) is 0 Å². The summed E-state index contributed by atoms with van der Waals surface area (Å²) in [5.41, 5.74) is 5.58. The summed E-state index contributed by atoms with van der Waals surface area (Å²) in [7, 11) is 0. The highest BCUT2D eigenvalue weighted by Gasteiger charge is 2.55. The third-order valence-electron chi connectivity index (χ3n) is 4.51. The Bertz CT molecular complexity index is 504. The Morgan fingerprint density at radius 3 is 2.48 bits per heavy atom. The SMILES string of the molecule is CCOC(=O)C1=C(C)NC(=O)[C@H](C(N)=O)C12CCCCC2. The lowest BCUT2D eigenvalue weighted by molar-refractivity contribution is -0.145. The monoisotopic (exact) mass is 294 g/mol. The molecule has 1 saturated carbocycles. The van der Waals surface area contributed by atoms with E-state index in [0.29, 0.717) is 24.1 Å². The number of amides is 2. The van der Waals surface area contributed by atoms with Gasteiger partial charge < -0.3 is 15.8 Å². The molecule has 6 heteroatoms. The van der Waals surface area contributed by atoms with Crippen molar-refractivity contribution < 1.29 is 19.1 Å². The molecule has 2 aliphatic rings. The first-order valence-electron chi connectivity index (χ1n) is 7.42. The average Bonchev–Trinajstić information content (AvgIpc) is 2.38. The van der Waals surface area contributed by atoms with Crippen LogP contribution in [0.5, 0.6) is 0 Å². The number of allylic oxidation sites excluding steroid dienone is 1. The number of carbonyl (C=O) groups is 3. The largest absolute Gasteiger partial charge is 0.463 e. The van der Waals surface area contributed by atoms with Crippen LogP contribution in [0.2, 0.25) is 0 Å². The van der Waals surface area contributed by atoms with Gasteiger partial charge >= 0.3 is 5.97 Å². The molecule has 1 atom stereocenters. The molecule has 21 heavy (non-hydrogen) atoms. The van der Waals surface area contributed by atoms with Gasteiger partial charge in [0.15, 0.2) is 0 Å². The average molecular weight is 294 g/mol. The van der Waals surface area contributed by atoms with E-state index in [1.165, 1.54) is 0 Å². The van der Waals surface area contributed by atoms with Crippen LogP contribution in [0, 0.1) is 11.3 Å². The molecule has 1 heterocycles. The van der Waals surface area contributed by atoms with Crippen molar-refractivity contribution in [2.45, 2.75) is 46.0 Å². The molecule has 1 aliphatic carbocycles. The summed E-state index contributed by atoms with van der Waals surface area (Å²) in [5.74, 6) is -2.54. The maximum atomic E-state index is 12.4. The van der Waals surface area contributed by atoms with Crippen molar-refractivity contribution in [3.05, 3.63) is 11.3 Å².